The molecule has 1 saturated carbocycles. The first-order valence-corrected chi connectivity index (χ1v) is 15.7. The molecule has 0 unspecified atom stereocenters. The molecule has 3 aliphatic rings. The number of hydrogen-bond acceptors (Lipinski definition) is 8. The molecule has 1 N–H and O–H groups in total. The predicted octanol–water partition coefficient (Wildman–Crippen LogP) is 3.55. The lowest BCUT2D eigenvalue weighted by atomic mass is 9.81. The van der Waals surface area contributed by atoms with Crippen LogP contribution >= 0.6 is 0 Å². The number of carbonyl (C=O) groups excluding carboxylic acids is 4. The van der Waals surface area contributed by atoms with E-state index in [2.05, 4.69) is 10.2 Å². The topological polar surface area (TPSA) is 115 Å². The standard InChI is InChI=1S/C33H48N2O7/c1-4-25(19-27(36)21-35-13-15-41-16-14-35)32(39)34-29(18-24-9-11-28(40-3)12-10-24)30(37)20-26(17-23-7-5-6-8-23)31(38)33(2)22-42-33/h9-12,23,25-26,29H,4-8,13-22H2,1-3H3,(H,34,39)/t25-,26-,29+,33-/m1/s1. The Morgan fingerprint density at radius 3 is 2.31 bits per heavy atom. The van der Waals surface area contributed by atoms with Gasteiger partial charge in [0.1, 0.15) is 17.1 Å². The molecule has 0 bridgehead atoms. The number of morpholine rings is 1. The largest absolute Gasteiger partial charge is 0.497 e. The van der Waals surface area contributed by atoms with Crippen molar-refractivity contribution in [3.63, 3.8) is 0 Å². The number of Topliss-reactive ketones (excluding diaryl/α,β-unsaturated/α-hetero) is 3. The Kier molecular flexibility index (Phi) is 11.7. The fourth-order valence-corrected chi connectivity index (χ4v) is 6.30. The Labute approximate surface area is 250 Å². The van der Waals surface area contributed by atoms with E-state index < -0.39 is 23.5 Å². The summed E-state index contributed by atoms with van der Waals surface area (Å²) in [5, 5.41) is 3.00. The third-order valence-electron chi connectivity index (χ3n) is 9.15. The van der Waals surface area contributed by atoms with Gasteiger partial charge in [0.05, 0.1) is 39.5 Å². The molecule has 9 heteroatoms. The van der Waals surface area contributed by atoms with E-state index in [-0.39, 0.29) is 36.1 Å². The molecule has 2 heterocycles. The number of ketones is 3. The number of carbonyl (C=O) groups is 4. The number of ether oxygens (including phenoxy) is 3. The molecule has 2 saturated heterocycles. The summed E-state index contributed by atoms with van der Waals surface area (Å²) < 4.78 is 16.1. The number of benzene rings is 1. The number of methoxy groups -OCH3 is 1. The fourth-order valence-electron chi connectivity index (χ4n) is 6.30. The molecule has 1 aromatic rings. The summed E-state index contributed by atoms with van der Waals surface area (Å²) in [6.07, 6.45) is 6.15. The summed E-state index contributed by atoms with van der Waals surface area (Å²) in [5.41, 5.74) is 0.0777. The van der Waals surface area contributed by atoms with Gasteiger partial charge >= 0.3 is 0 Å². The van der Waals surface area contributed by atoms with Crippen LogP contribution in [0.3, 0.4) is 0 Å². The molecule has 1 aromatic carbocycles. The van der Waals surface area contributed by atoms with Gasteiger partial charge in [-0.15, -0.1) is 0 Å². The SMILES string of the molecule is CC[C@H](CC(=O)CN1CCOCC1)C(=O)N[C@@H](Cc1ccc(OC)cc1)C(=O)C[C@@H](CC1CCCC1)C(=O)[C@@]1(C)CO1. The number of nitrogens with zero attached hydrogens (tertiary/aromatic N) is 1. The van der Waals surface area contributed by atoms with Crippen LogP contribution in [0.5, 0.6) is 5.75 Å². The molecule has 3 fully saturated rings. The Hall–Kier alpha value is -2.62. The zero-order valence-electron chi connectivity index (χ0n) is 25.5. The van der Waals surface area contributed by atoms with Crippen LogP contribution in [-0.2, 0) is 35.1 Å². The summed E-state index contributed by atoms with van der Waals surface area (Å²) in [5.74, 6) is -0.264. The van der Waals surface area contributed by atoms with Crippen LogP contribution in [0.4, 0.5) is 0 Å². The van der Waals surface area contributed by atoms with E-state index in [4.69, 9.17) is 14.2 Å². The van der Waals surface area contributed by atoms with Crippen molar-refractivity contribution in [1.29, 1.82) is 0 Å². The van der Waals surface area contributed by atoms with Crippen molar-refractivity contribution in [3.05, 3.63) is 29.8 Å². The lowest BCUT2D eigenvalue weighted by Gasteiger charge is -2.27. The monoisotopic (exact) mass is 584 g/mol. The van der Waals surface area contributed by atoms with Crippen molar-refractivity contribution in [2.45, 2.75) is 83.3 Å². The van der Waals surface area contributed by atoms with E-state index in [9.17, 15) is 19.2 Å². The van der Waals surface area contributed by atoms with Crippen molar-refractivity contribution >= 4 is 23.3 Å². The van der Waals surface area contributed by atoms with Crippen molar-refractivity contribution in [2.75, 3.05) is 46.6 Å². The van der Waals surface area contributed by atoms with Crippen LogP contribution in [-0.4, -0.2) is 86.4 Å². The van der Waals surface area contributed by atoms with Gasteiger partial charge in [0.15, 0.2) is 11.6 Å². The van der Waals surface area contributed by atoms with Crippen molar-refractivity contribution in [1.82, 2.24) is 10.2 Å². The van der Waals surface area contributed by atoms with Gasteiger partial charge in [-0.1, -0.05) is 44.7 Å². The number of hydrogen-bond donors (Lipinski definition) is 1. The minimum atomic E-state index is -0.805. The van der Waals surface area contributed by atoms with Crippen molar-refractivity contribution in [2.24, 2.45) is 17.8 Å². The number of amides is 1. The van der Waals surface area contributed by atoms with Gasteiger partial charge in [0.2, 0.25) is 5.91 Å². The van der Waals surface area contributed by atoms with E-state index >= 15 is 0 Å². The van der Waals surface area contributed by atoms with Crippen LogP contribution in [0.2, 0.25) is 0 Å². The number of rotatable bonds is 17. The molecule has 4 rings (SSSR count). The molecule has 1 aliphatic carbocycles. The first kappa shape index (κ1) is 32.3. The average Bonchev–Trinajstić information content (AvgIpc) is 3.53. The van der Waals surface area contributed by atoms with E-state index in [1.165, 1.54) is 0 Å². The van der Waals surface area contributed by atoms with Crippen molar-refractivity contribution in [3.8, 4) is 5.75 Å². The summed E-state index contributed by atoms with van der Waals surface area (Å²) in [4.78, 5) is 55.8. The maximum Gasteiger partial charge on any atom is 0.224 e. The van der Waals surface area contributed by atoms with Crippen LogP contribution < -0.4 is 10.1 Å². The van der Waals surface area contributed by atoms with Gasteiger partial charge < -0.3 is 19.5 Å². The maximum atomic E-state index is 13.9. The van der Waals surface area contributed by atoms with Crippen molar-refractivity contribution < 1.29 is 33.4 Å². The molecule has 9 nitrogen and oxygen atoms in total. The fraction of sp³-hybridized carbons (Fsp3) is 0.697. The Bertz CT molecular complexity index is 1070. The summed E-state index contributed by atoms with van der Waals surface area (Å²) in [6.45, 7) is 7.01. The molecule has 1 amide bonds. The lowest BCUT2D eigenvalue weighted by molar-refractivity contribution is -0.135. The second-order valence-electron chi connectivity index (χ2n) is 12.5. The molecule has 0 spiro atoms. The normalized spacial score (nSPS) is 23.1. The Morgan fingerprint density at radius 2 is 1.71 bits per heavy atom. The van der Waals surface area contributed by atoms with Gasteiger partial charge in [0.25, 0.3) is 0 Å². The highest BCUT2D eigenvalue weighted by Gasteiger charge is 2.50. The maximum absolute atomic E-state index is 13.9. The van der Waals surface area contributed by atoms with Crippen LogP contribution in [0.15, 0.2) is 24.3 Å². The average molecular weight is 585 g/mol. The van der Waals surface area contributed by atoms with Gasteiger partial charge in [0, 0.05) is 37.8 Å². The third-order valence-corrected chi connectivity index (χ3v) is 9.15. The quantitative estimate of drug-likeness (QED) is 0.277. The van der Waals surface area contributed by atoms with Crippen LogP contribution in [0.25, 0.3) is 0 Å². The first-order valence-electron chi connectivity index (χ1n) is 15.7. The zero-order valence-corrected chi connectivity index (χ0v) is 25.5. The molecular weight excluding hydrogens is 536 g/mol. The highest BCUT2D eigenvalue weighted by atomic mass is 16.6. The third kappa shape index (κ3) is 9.19. The van der Waals surface area contributed by atoms with Gasteiger partial charge in [-0.05, 0) is 49.8 Å². The summed E-state index contributed by atoms with van der Waals surface area (Å²) in [6, 6.07) is 6.62. The van der Waals surface area contributed by atoms with Crippen LogP contribution in [0, 0.1) is 17.8 Å². The van der Waals surface area contributed by atoms with Crippen LogP contribution in [0.1, 0.15) is 70.8 Å². The highest BCUT2D eigenvalue weighted by molar-refractivity contribution is 5.97. The molecular formula is C33H48N2O7. The summed E-state index contributed by atoms with van der Waals surface area (Å²) >= 11 is 0. The molecule has 0 radical (unpaired) electrons. The Morgan fingerprint density at radius 1 is 1.05 bits per heavy atom. The Balaban J connectivity index is 1.46. The predicted molar refractivity (Wildman–Crippen MR) is 158 cm³/mol. The number of nitrogens with one attached hydrogen (secondary N) is 1. The van der Waals surface area contributed by atoms with E-state index in [0.29, 0.717) is 70.4 Å². The van der Waals surface area contributed by atoms with Gasteiger partial charge in [-0.25, -0.2) is 0 Å². The van der Waals surface area contributed by atoms with E-state index in [1.54, 1.807) is 14.0 Å². The van der Waals surface area contributed by atoms with Gasteiger partial charge in [-0.2, -0.15) is 0 Å². The second kappa shape index (κ2) is 15.2. The molecule has 42 heavy (non-hydrogen) atoms. The van der Waals surface area contributed by atoms with Gasteiger partial charge in [-0.3, -0.25) is 24.1 Å². The number of epoxide rings is 1. The summed E-state index contributed by atoms with van der Waals surface area (Å²) in [7, 11) is 1.60. The lowest BCUT2D eigenvalue weighted by Crippen LogP contribution is -2.47. The molecule has 2 aliphatic heterocycles. The zero-order chi connectivity index (χ0) is 30.1. The minimum Gasteiger partial charge on any atom is -0.497 e. The molecule has 232 valence electrons. The highest BCUT2D eigenvalue weighted by Crippen LogP contribution is 2.37. The van der Waals surface area contributed by atoms with E-state index in [0.717, 1.165) is 31.2 Å². The van der Waals surface area contributed by atoms with E-state index in [1.807, 2.05) is 31.2 Å². The first-order chi connectivity index (χ1) is 20.2. The molecule has 4 atom stereocenters. The molecule has 0 aromatic heterocycles. The smallest absolute Gasteiger partial charge is 0.224 e. The minimum absolute atomic E-state index is 0.00239. The second-order valence-corrected chi connectivity index (χ2v) is 12.5.